The van der Waals surface area contributed by atoms with Crippen molar-refractivity contribution in [3.63, 3.8) is 0 Å². The Hall–Kier alpha value is -3.85. The van der Waals surface area contributed by atoms with Crippen LogP contribution in [0.15, 0.2) is 53.8 Å². The molecule has 3 aromatic heterocycles. The molecule has 8 nitrogen and oxygen atoms in total. The summed E-state index contributed by atoms with van der Waals surface area (Å²) in [5, 5.41) is 6.04. The zero-order valence-corrected chi connectivity index (χ0v) is 19.8. The Bertz CT molecular complexity index is 1400. The van der Waals surface area contributed by atoms with Crippen molar-refractivity contribution in [2.24, 2.45) is 7.05 Å². The van der Waals surface area contributed by atoms with Crippen LogP contribution in [0.3, 0.4) is 0 Å². The number of benzene rings is 1. The molecule has 9 heteroatoms. The molecule has 1 aliphatic rings. The molecule has 34 heavy (non-hydrogen) atoms. The van der Waals surface area contributed by atoms with Crippen LogP contribution >= 0.6 is 11.3 Å². The Kier molecular flexibility index (Phi) is 5.93. The van der Waals surface area contributed by atoms with Crippen LogP contribution in [0.4, 0.5) is 17.3 Å². The molecule has 0 unspecified atom stereocenters. The molecule has 3 heterocycles. The minimum atomic E-state index is -0.272. The van der Waals surface area contributed by atoms with E-state index in [1.165, 1.54) is 34.2 Å². The van der Waals surface area contributed by atoms with Crippen LogP contribution in [0.1, 0.15) is 38.5 Å². The van der Waals surface area contributed by atoms with Gasteiger partial charge in [0.25, 0.3) is 11.5 Å². The normalized spacial score (nSPS) is 12.8. The number of nitrogens with one attached hydrogen (secondary N) is 2. The monoisotopic (exact) mass is 472 g/mol. The van der Waals surface area contributed by atoms with Gasteiger partial charge in [-0.1, -0.05) is 12.1 Å². The number of aryl methyl sites for hydroxylation is 3. The Balaban J connectivity index is 1.45. The minimum absolute atomic E-state index is 0.0980. The van der Waals surface area contributed by atoms with E-state index >= 15 is 0 Å². The molecule has 0 saturated heterocycles. The molecule has 0 spiro atoms. The van der Waals surface area contributed by atoms with E-state index in [2.05, 4.69) is 25.6 Å². The molecular weight excluding hydrogens is 448 g/mol. The van der Waals surface area contributed by atoms with E-state index in [4.69, 9.17) is 0 Å². The Morgan fingerprint density at radius 1 is 1.18 bits per heavy atom. The fourth-order valence-corrected chi connectivity index (χ4v) is 5.29. The van der Waals surface area contributed by atoms with Crippen molar-refractivity contribution in [1.82, 2.24) is 19.5 Å². The van der Waals surface area contributed by atoms with Gasteiger partial charge in [-0.15, -0.1) is 11.3 Å². The van der Waals surface area contributed by atoms with Gasteiger partial charge in [0.05, 0.1) is 10.6 Å². The average Bonchev–Trinajstić information content (AvgIpc) is 3.28. The molecule has 1 amide bonds. The first-order chi connectivity index (χ1) is 16.5. The van der Waals surface area contributed by atoms with Gasteiger partial charge in [0.1, 0.15) is 12.1 Å². The maximum Gasteiger partial charge on any atom is 0.293 e. The van der Waals surface area contributed by atoms with Crippen molar-refractivity contribution in [2.75, 3.05) is 10.6 Å². The summed E-state index contributed by atoms with van der Waals surface area (Å²) >= 11 is 1.59. The number of carbonyl (C=O) groups is 1. The number of carbonyl (C=O) groups excluding carboxylic acids is 1. The second kappa shape index (κ2) is 9.18. The second-order valence-electron chi connectivity index (χ2n) is 8.31. The summed E-state index contributed by atoms with van der Waals surface area (Å²) in [5.74, 6) is 0.545. The SMILES string of the molecule is Cc1c(NC(=O)c2cc3c(s2)CCCC3)cccc1-c1cn(C)c(=O)c(Nc2ccncn2)n1. The highest BCUT2D eigenvalue weighted by Gasteiger charge is 2.19. The van der Waals surface area contributed by atoms with E-state index in [9.17, 15) is 9.59 Å². The van der Waals surface area contributed by atoms with Gasteiger partial charge < -0.3 is 15.2 Å². The highest BCUT2D eigenvalue weighted by Crippen LogP contribution is 2.32. The lowest BCUT2D eigenvalue weighted by molar-refractivity contribution is 0.103. The highest BCUT2D eigenvalue weighted by molar-refractivity contribution is 7.14. The summed E-state index contributed by atoms with van der Waals surface area (Å²) in [6, 6.07) is 9.38. The second-order valence-corrected chi connectivity index (χ2v) is 9.45. The third kappa shape index (κ3) is 4.34. The third-order valence-electron chi connectivity index (χ3n) is 5.98. The van der Waals surface area contributed by atoms with Gasteiger partial charge in [0, 0.05) is 35.6 Å². The van der Waals surface area contributed by atoms with Crippen LogP contribution in [0.2, 0.25) is 0 Å². The van der Waals surface area contributed by atoms with Crippen LogP contribution in [0.5, 0.6) is 0 Å². The fraction of sp³-hybridized carbons (Fsp3) is 0.240. The zero-order valence-electron chi connectivity index (χ0n) is 19.0. The molecule has 1 aromatic carbocycles. The predicted molar refractivity (Wildman–Crippen MR) is 134 cm³/mol. The molecule has 172 valence electrons. The highest BCUT2D eigenvalue weighted by atomic mass is 32.1. The van der Waals surface area contributed by atoms with Crippen molar-refractivity contribution >= 4 is 34.6 Å². The van der Waals surface area contributed by atoms with Crippen molar-refractivity contribution in [3.8, 4) is 11.3 Å². The summed E-state index contributed by atoms with van der Waals surface area (Å²) < 4.78 is 1.48. The first kappa shape index (κ1) is 22.0. The quantitative estimate of drug-likeness (QED) is 0.444. The topological polar surface area (TPSA) is 102 Å². The molecule has 0 saturated carbocycles. The number of anilines is 3. The summed E-state index contributed by atoms with van der Waals surface area (Å²) in [6.45, 7) is 1.94. The van der Waals surface area contributed by atoms with Crippen LogP contribution in [0.25, 0.3) is 11.3 Å². The van der Waals surface area contributed by atoms with Crippen LogP contribution < -0.4 is 16.2 Å². The molecule has 0 bridgehead atoms. The number of amides is 1. The van der Waals surface area contributed by atoms with E-state index in [0.29, 0.717) is 11.5 Å². The molecule has 1 aliphatic carbocycles. The molecule has 0 fully saturated rings. The Morgan fingerprint density at radius 3 is 2.82 bits per heavy atom. The molecule has 4 aromatic rings. The number of thiophene rings is 1. The molecule has 5 rings (SSSR count). The molecule has 0 atom stereocenters. The van der Waals surface area contributed by atoms with E-state index in [-0.39, 0.29) is 17.3 Å². The van der Waals surface area contributed by atoms with E-state index in [1.54, 1.807) is 36.8 Å². The van der Waals surface area contributed by atoms with Crippen LogP contribution in [-0.2, 0) is 19.9 Å². The lowest BCUT2D eigenvalue weighted by Gasteiger charge is -2.14. The minimum Gasteiger partial charge on any atom is -0.321 e. The van der Waals surface area contributed by atoms with Crippen LogP contribution in [-0.4, -0.2) is 25.4 Å². The largest absolute Gasteiger partial charge is 0.321 e. The summed E-state index contributed by atoms with van der Waals surface area (Å²) in [6.07, 6.45) is 9.17. The lowest BCUT2D eigenvalue weighted by Crippen LogP contribution is -2.22. The van der Waals surface area contributed by atoms with Gasteiger partial charge in [-0.2, -0.15) is 0 Å². The van der Waals surface area contributed by atoms with Crippen molar-refractivity contribution in [2.45, 2.75) is 32.6 Å². The molecule has 0 aliphatic heterocycles. The van der Waals surface area contributed by atoms with Gasteiger partial charge in [-0.25, -0.2) is 15.0 Å². The number of hydrogen-bond donors (Lipinski definition) is 2. The summed E-state index contributed by atoms with van der Waals surface area (Å²) in [7, 11) is 1.68. The first-order valence-electron chi connectivity index (χ1n) is 11.1. The standard InChI is InChI=1S/C25H24N6O2S/c1-15-17(19-13-31(2)25(33)23(28-19)30-22-10-11-26-14-27-22)7-5-8-18(15)29-24(32)21-12-16-6-3-4-9-20(16)34-21/h5,7-8,10-14H,3-4,6,9H2,1-2H3,(H,29,32)(H,26,27,28,30). The van der Waals surface area contributed by atoms with Gasteiger partial charge in [-0.05, 0) is 61.9 Å². The molecular formula is C25H24N6O2S. The smallest absolute Gasteiger partial charge is 0.293 e. The number of hydrogen-bond acceptors (Lipinski definition) is 7. The van der Waals surface area contributed by atoms with E-state index in [1.807, 2.05) is 31.2 Å². The first-order valence-corrected chi connectivity index (χ1v) is 11.9. The molecule has 2 N–H and O–H groups in total. The number of rotatable bonds is 5. The maximum absolute atomic E-state index is 13.0. The molecule has 0 radical (unpaired) electrons. The van der Waals surface area contributed by atoms with E-state index < -0.39 is 0 Å². The van der Waals surface area contributed by atoms with Gasteiger partial charge in [0.2, 0.25) is 0 Å². The Morgan fingerprint density at radius 2 is 2.03 bits per heavy atom. The maximum atomic E-state index is 13.0. The summed E-state index contributed by atoms with van der Waals surface area (Å²) in [4.78, 5) is 40.3. The van der Waals surface area contributed by atoms with Gasteiger partial charge >= 0.3 is 0 Å². The summed E-state index contributed by atoms with van der Waals surface area (Å²) in [5.41, 5.74) is 4.06. The van der Waals surface area contributed by atoms with E-state index in [0.717, 1.165) is 34.5 Å². The third-order valence-corrected chi connectivity index (χ3v) is 7.21. The van der Waals surface area contributed by atoms with Gasteiger partial charge in [-0.3, -0.25) is 9.59 Å². The average molecular weight is 473 g/mol. The zero-order chi connectivity index (χ0) is 23.7. The van der Waals surface area contributed by atoms with Crippen LogP contribution in [0, 0.1) is 6.92 Å². The van der Waals surface area contributed by atoms with Crippen molar-refractivity contribution in [1.29, 1.82) is 0 Å². The predicted octanol–water partition coefficient (Wildman–Crippen LogP) is 4.48. The van der Waals surface area contributed by atoms with Crippen molar-refractivity contribution < 1.29 is 4.79 Å². The number of aromatic nitrogens is 4. The fourth-order valence-electron chi connectivity index (χ4n) is 4.14. The Labute approximate surface area is 200 Å². The lowest BCUT2D eigenvalue weighted by atomic mass is 9.99. The number of nitrogens with zero attached hydrogens (tertiary/aromatic N) is 4. The van der Waals surface area contributed by atoms with Gasteiger partial charge in [0.15, 0.2) is 5.82 Å². The number of fused-ring (bicyclic) bond motifs is 1. The van der Waals surface area contributed by atoms with Crippen molar-refractivity contribution in [3.05, 3.63) is 80.3 Å².